The quantitative estimate of drug-likeness (QED) is 0.568. The van der Waals surface area contributed by atoms with E-state index in [0.717, 1.165) is 64.0 Å². The number of rotatable bonds is 5. The number of amides is 2. The van der Waals surface area contributed by atoms with E-state index in [1.54, 1.807) is 6.08 Å². The van der Waals surface area contributed by atoms with Gasteiger partial charge >= 0.3 is 0 Å². The largest absolute Gasteiger partial charge is 0.356 e. The van der Waals surface area contributed by atoms with Crippen LogP contribution in [0.15, 0.2) is 36.1 Å². The predicted molar refractivity (Wildman–Crippen MR) is 123 cm³/mol. The SMILES string of the molecule is C=C/C=C1/CC(C)ON/C1=C\C.NCC(=O)N1CCN(C2CCCC(NC=O)C2)CC1. The molecule has 2 aliphatic heterocycles. The van der Waals surface area contributed by atoms with Crippen LogP contribution in [0.2, 0.25) is 0 Å². The van der Waals surface area contributed by atoms with Gasteiger partial charge in [0, 0.05) is 44.7 Å². The van der Waals surface area contributed by atoms with E-state index >= 15 is 0 Å². The number of allylic oxidation sites excluding steroid dienone is 4. The van der Waals surface area contributed by atoms with Crippen LogP contribution in [0.4, 0.5) is 0 Å². The van der Waals surface area contributed by atoms with Crippen LogP contribution in [0, 0.1) is 0 Å². The molecule has 31 heavy (non-hydrogen) atoms. The number of nitrogens with one attached hydrogen (secondary N) is 2. The second-order valence-corrected chi connectivity index (χ2v) is 8.29. The van der Waals surface area contributed by atoms with Crippen molar-refractivity contribution in [2.24, 2.45) is 5.73 Å². The minimum absolute atomic E-state index is 0.0452. The summed E-state index contributed by atoms with van der Waals surface area (Å²) >= 11 is 0. The van der Waals surface area contributed by atoms with Gasteiger partial charge in [0.05, 0.1) is 18.3 Å². The van der Waals surface area contributed by atoms with Crippen molar-refractivity contribution < 1.29 is 14.4 Å². The van der Waals surface area contributed by atoms with Crippen LogP contribution in [-0.4, -0.2) is 73.0 Å². The molecule has 0 bridgehead atoms. The topological polar surface area (TPSA) is 99.9 Å². The predicted octanol–water partition coefficient (Wildman–Crippen LogP) is 1.46. The molecule has 0 aromatic heterocycles. The molecule has 0 radical (unpaired) electrons. The highest BCUT2D eigenvalue weighted by Gasteiger charge is 2.29. The van der Waals surface area contributed by atoms with Gasteiger partial charge in [0.2, 0.25) is 12.3 Å². The van der Waals surface area contributed by atoms with Crippen molar-refractivity contribution in [1.29, 1.82) is 0 Å². The maximum absolute atomic E-state index is 11.5. The minimum atomic E-state index is 0.0452. The van der Waals surface area contributed by atoms with Crippen LogP contribution >= 0.6 is 0 Å². The molecule has 4 N–H and O–H groups in total. The molecule has 3 atom stereocenters. The molecule has 3 rings (SSSR count). The van der Waals surface area contributed by atoms with Gasteiger partial charge in [0.1, 0.15) is 0 Å². The molecule has 1 aliphatic carbocycles. The van der Waals surface area contributed by atoms with Crippen molar-refractivity contribution in [2.75, 3.05) is 32.7 Å². The van der Waals surface area contributed by atoms with E-state index in [1.807, 2.05) is 30.9 Å². The van der Waals surface area contributed by atoms with Crippen LogP contribution in [0.1, 0.15) is 46.0 Å². The highest BCUT2D eigenvalue weighted by molar-refractivity contribution is 5.78. The normalized spacial score (nSPS) is 29.5. The van der Waals surface area contributed by atoms with Gasteiger partial charge in [-0.1, -0.05) is 24.8 Å². The zero-order valence-corrected chi connectivity index (χ0v) is 19.0. The first kappa shape index (κ1) is 25.1. The second kappa shape index (κ2) is 13.3. The van der Waals surface area contributed by atoms with Crippen LogP contribution < -0.4 is 16.5 Å². The first-order valence-corrected chi connectivity index (χ1v) is 11.3. The van der Waals surface area contributed by atoms with Crippen molar-refractivity contribution in [1.82, 2.24) is 20.6 Å². The fourth-order valence-corrected chi connectivity index (χ4v) is 4.44. The second-order valence-electron chi connectivity index (χ2n) is 8.29. The molecule has 2 amide bonds. The van der Waals surface area contributed by atoms with Crippen molar-refractivity contribution in [2.45, 2.75) is 64.1 Å². The van der Waals surface area contributed by atoms with Crippen LogP contribution in [0.5, 0.6) is 0 Å². The van der Waals surface area contributed by atoms with Crippen molar-refractivity contribution >= 4 is 12.3 Å². The summed E-state index contributed by atoms with van der Waals surface area (Å²) in [7, 11) is 0. The van der Waals surface area contributed by atoms with Crippen molar-refractivity contribution in [3.05, 3.63) is 36.1 Å². The summed E-state index contributed by atoms with van der Waals surface area (Å²) < 4.78 is 0. The number of carbonyl (C=O) groups is 2. The Morgan fingerprint density at radius 1 is 1.32 bits per heavy atom. The number of piperazine rings is 1. The van der Waals surface area contributed by atoms with E-state index in [4.69, 9.17) is 10.6 Å². The first-order valence-electron chi connectivity index (χ1n) is 11.3. The third-order valence-corrected chi connectivity index (χ3v) is 6.14. The Labute approximate surface area is 186 Å². The number of hydroxylamine groups is 1. The lowest BCUT2D eigenvalue weighted by molar-refractivity contribution is -0.131. The molecule has 1 saturated carbocycles. The van der Waals surface area contributed by atoms with Crippen molar-refractivity contribution in [3.63, 3.8) is 0 Å². The Morgan fingerprint density at radius 3 is 2.68 bits per heavy atom. The molecule has 8 nitrogen and oxygen atoms in total. The molecule has 3 unspecified atom stereocenters. The molecule has 2 heterocycles. The summed E-state index contributed by atoms with van der Waals surface area (Å²) in [5.74, 6) is 0.0452. The Bertz CT molecular complexity index is 656. The standard InChI is InChI=1S/C13H24N4O2.C10H15NO/c14-9-13(19)17-6-4-16(5-7-17)12-3-1-2-11(8-12)15-10-18;1-4-6-9-7-8(3)12-11-10(9)5-2/h10-12H,1-9,14H2,(H,15,18);4-6,8,11H,1,7H2,2-3H3/b;9-6-,10-5-. The Hall–Kier alpha value is -2.16. The highest BCUT2D eigenvalue weighted by Crippen LogP contribution is 2.24. The van der Waals surface area contributed by atoms with Gasteiger partial charge in [0.25, 0.3) is 0 Å². The fourth-order valence-electron chi connectivity index (χ4n) is 4.44. The first-order chi connectivity index (χ1) is 15.0. The molecule has 3 aliphatic rings. The third-order valence-electron chi connectivity index (χ3n) is 6.14. The summed E-state index contributed by atoms with van der Waals surface area (Å²) in [6.45, 7) is 11.2. The Balaban J connectivity index is 0.000000245. The summed E-state index contributed by atoms with van der Waals surface area (Å²) in [4.78, 5) is 31.6. The van der Waals surface area contributed by atoms with Crippen LogP contribution in [0.25, 0.3) is 0 Å². The van der Waals surface area contributed by atoms with E-state index in [0.29, 0.717) is 12.1 Å². The maximum atomic E-state index is 11.5. The smallest absolute Gasteiger partial charge is 0.236 e. The summed E-state index contributed by atoms with van der Waals surface area (Å²) in [6, 6.07) is 0.862. The maximum Gasteiger partial charge on any atom is 0.236 e. The molecule has 0 aromatic rings. The van der Waals surface area contributed by atoms with Gasteiger partial charge in [-0.3, -0.25) is 24.8 Å². The summed E-state index contributed by atoms with van der Waals surface area (Å²) in [6.07, 6.45) is 12.3. The minimum Gasteiger partial charge on any atom is -0.356 e. The Morgan fingerprint density at radius 2 is 2.06 bits per heavy atom. The molecule has 174 valence electrons. The summed E-state index contributed by atoms with van der Waals surface area (Å²) in [5, 5.41) is 2.90. The van der Waals surface area contributed by atoms with Gasteiger partial charge in [-0.05, 0) is 45.1 Å². The molecular weight excluding hydrogens is 394 g/mol. The highest BCUT2D eigenvalue weighted by atomic mass is 16.7. The monoisotopic (exact) mass is 433 g/mol. The summed E-state index contributed by atoms with van der Waals surface area (Å²) in [5.41, 5.74) is 10.6. The van der Waals surface area contributed by atoms with Crippen LogP contribution in [-0.2, 0) is 14.4 Å². The van der Waals surface area contributed by atoms with Gasteiger partial charge in [-0.15, -0.1) is 0 Å². The van der Waals surface area contributed by atoms with E-state index in [2.05, 4.69) is 22.3 Å². The Kier molecular flexibility index (Phi) is 10.8. The lowest BCUT2D eigenvalue weighted by atomic mass is 9.89. The molecule has 2 saturated heterocycles. The molecule has 0 aromatic carbocycles. The van der Waals surface area contributed by atoms with E-state index < -0.39 is 0 Å². The van der Waals surface area contributed by atoms with Gasteiger partial charge < -0.3 is 16.0 Å². The molecule has 8 heteroatoms. The number of hydrogen-bond acceptors (Lipinski definition) is 6. The third kappa shape index (κ3) is 7.79. The number of nitrogens with two attached hydrogens (primary N) is 1. The van der Waals surface area contributed by atoms with E-state index in [-0.39, 0.29) is 18.6 Å². The average Bonchev–Trinajstić information content (AvgIpc) is 2.80. The number of nitrogens with zero attached hydrogens (tertiary/aromatic N) is 2. The molecule has 0 spiro atoms. The average molecular weight is 434 g/mol. The van der Waals surface area contributed by atoms with Gasteiger partial charge in [-0.25, -0.2) is 0 Å². The van der Waals surface area contributed by atoms with E-state index in [9.17, 15) is 9.59 Å². The van der Waals surface area contributed by atoms with E-state index in [1.165, 1.54) is 12.0 Å². The number of hydrogen-bond donors (Lipinski definition) is 3. The number of carbonyl (C=O) groups excluding carboxylic acids is 2. The van der Waals surface area contributed by atoms with Gasteiger partial charge in [0.15, 0.2) is 0 Å². The van der Waals surface area contributed by atoms with Gasteiger partial charge in [-0.2, -0.15) is 0 Å². The lowest BCUT2D eigenvalue weighted by Crippen LogP contribution is -2.54. The van der Waals surface area contributed by atoms with Crippen LogP contribution in [0.3, 0.4) is 0 Å². The lowest BCUT2D eigenvalue weighted by Gasteiger charge is -2.42. The zero-order valence-electron chi connectivity index (χ0n) is 19.0. The zero-order chi connectivity index (χ0) is 22.6. The fraction of sp³-hybridized carbons (Fsp3) is 0.652. The van der Waals surface area contributed by atoms with Crippen molar-refractivity contribution in [3.8, 4) is 0 Å². The molecule has 3 fully saturated rings. The molecular formula is C23H39N5O3.